The number of pyridine rings is 1. The molecule has 2 aromatic heterocycles. The van der Waals surface area contributed by atoms with Crippen molar-refractivity contribution in [2.45, 2.75) is 13.8 Å². The highest BCUT2D eigenvalue weighted by molar-refractivity contribution is 5.97. The van der Waals surface area contributed by atoms with Crippen molar-refractivity contribution < 1.29 is 9.90 Å². The molecular formula is C19H16N4O2. The molecule has 0 aliphatic rings. The van der Waals surface area contributed by atoms with Crippen LogP contribution in [0.2, 0.25) is 0 Å². The maximum Gasteiger partial charge on any atom is 0.223 e. The van der Waals surface area contributed by atoms with Crippen LogP contribution < -0.4 is 0 Å². The van der Waals surface area contributed by atoms with Crippen LogP contribution in [0.3, 0.4) is 0 Å². The second-order valence-electron chi connectivity index (χ2n) is 5.91. The number of nitrogens with zero attached hydrogens (tertiary/aromatic N) is 4. The van der Waals surface area contributed by atoms with Crippen LogP contribution in [0.25, 0.3) is 16.9 Å². The van der Waals surface area contributed by atoms with Gasteiger partial charge in [-0.1, -0.05) is 26.0 Å². The minimum Gasteiger partial charge on any atom is -0.493 e. The summed E-state index contributed by atoms with van der Waals surface area (Å²) in [5.74, 6) is 0.272. The Morgan fingerprint density at radius 1 is 1.16 bits per heavy atom. The van der Waals surface area contributed by atoms with E-state index in [4.69, 9.17) is 5.26 Å². The van der Waals surface area contributed by atoms with E-state index < -0.39 is 0 Å². The van der Waals surface area contributed by atoms with Gasteiger partial charge < -0.3 is 5.11 Å². The second-order valence-corrected chi connectivity index (χ2v) is 5.91. The number of aromatic hydroxyl groups is 1. The van der Waals surface area contributed by atoms with Gasteiger partial charge in [-0.25, -0.2) is 4.98 Å². The van der Waals surface area contributed by atoms with Gasteiger partial charge >= 0.3 is 0 Å². The molecule has 0 saturated heterocycles. The van der Waals surface area contributed by atoms with E-state index in [0.29, 0.717) is 22.5 Å². The average Bonchev–Trinajstić information content (AvgIpc) is 3.02. The molecule has 0 unspecified atom stereocenters. The third-order valence-corrected chi connectivity index (χ3v) is 3.84. The molecule has 0 bridgehead atoms. The lowest BCUT2D eigenvalue weighted by Crippen LogP contribution is -2.08. The molecule has 3 aromatic rings. The van der Waals surface area contributed by atoms with E-state index in [9.17, 15) is 9.90 Å². The number of carbonyl (C=O) groups is 1. The van der Waals surface area contributed by atoms with Crippen molar-refractivity contribution in [2.75, 3.05) is 0 Å². The number of hydrogen-bond donors (Lipinski definition) is 1. The van der Waals surface area contributed by atoms with Crippen molar-refractivity contribution in [2.24, 2.45) is 5.92 Å². The van der Waals surface area contributed by atoms with E-state index >= 15 is 0 Å². The fourth-order valence-electron chi connectivity index (χ4n) is 2.43. The molecular weight excluding hydrogens is 316 g/mol. The maximum absolute atomic E-state index is 12.0. The largest absolute Gasteiger partial charge is 0.493 e. The van der Waals surface area contributed by atoms with E-state index in [1.807, 2.05) is 13.8 Å². The topological polar surface area (TPSA) is 91.8 Å². The third kappa shape index (κ3) is 3.12. The lowest BCUT2D eigenvalue weighted by molar-refractivity contribution is 0.0939. The van der Waals surface area contributed by atoms with Crippen molar-refractivity contribution in [3.63, 3.8) is 0 Å². The fraction of sp³-hybridized carbons (Fsp3) is 0.158. The molecule has 0 atom stereocenters. The minimum absolute atomic E-state index is 0.0157. The summed E-state index contributed by atoms with van der Waals surface area (Å²) in [6.45, 7) is 3.67. The first-order valence-electron chi connectivity index (χ1n) is 7.79. The molecule has 124 valence electrons. The second kappa shape index (κ2) is 6.57. The van der Waals surface area contributed by atoms with Crippen molar-refractivity contribution >= 4 is 5.78 Å². The van der Waals surface area contributed by atoms with Gasteiger partial charge in [0.25, 0.3) is 0 Å². The molecule has 0 amide bonds. The van der Waals surface area contributed by atoms with Crippen LogP contribution >= 0.6 is 0 Å². The standard InChI is InChI=1S/C19H16N4O2/c1-12(2)18(24)15-7-8-17(21-10-15)23-19(25)16(11-22-23)14-5-3-13(9-20)4-6-14/h3-8,10-12,25H,1-2H3. The van der Waals surface area contributed by atoms with Crippen LogP contribution in [-0.4, -0.2) is 25.7 Å². The summed E-state index contributed by atoms with van der Waals surface area (Å²) in [4.78, 5) is 16.2. The molecule has 0 saturated carbocycles. The van der Waals surface area contributed by atoms with Gasteiger partial charge in [0, 0.05) is 17.7 Å². The number of hydrogen-bond acceptors (Lipinski definition) is 5. The number of nitriles is 1. The van der Waals surface area contributed by atoms with E-state index in [1.54, 1.807) is 36.4 Å². The summed E-state index contributed by atoms with van der Waals surface area (Å²) in [5, 5.41) is 23.5. The Hall–Kier alpha value is -3.46. The van der Waals surface area contributed by atoms with Crippen LogP contribution in [0.5, 0.6) is 5.88 Å². The first kappa shape index (κ1) is 16.4. The molecule has 0 aliphatic carbocycles. The van der Waals surface area contributed by atoms with Crippen LogP contribution in [0, 0.1) is 17.2 Å². The number of ketones is 1. The molecule has 0 radical (unpaired) electrons. The Labute approximate surface area is 145 Å². The first-order chi connectivity index (χ1) is 12.0. The van der Waals surface area contributed by atoms with E-state index in [1.165, 1.54) is 17.1 Å². The van der Waals surface area contributed by atoms with Crippen LogP contribution in [-0.2, 0) is 0 Å². The molecule has 0 fully saturated rings. The summed E-state index contributed by atoms with van der Waals surface area (Å²) in [5.41, 5.74) is 2.35. The highest BCUT2D eigenvalue weighted by Crippen LogP contribution is 2.30. The predicted molar refractivity (Wildman–Crippen MR) is 92.3 cm³/mol. The monoisotopic (exact) mass is 332 g/mol. The van der Waals surface area contributed by atoms with E-state index in [-0.39, 0.29) is 17.6 Å². The molecule has 2 heterocycles. The number of rotatable bonds is 4. The first-order valence-corrected chi connectivity index (χ1v) is 7.79. The average molecular weight is 332 g/mol. The number of benzene rings is 1. The summed E-state index contributed by atoms with van der Waals surface area (Å²) in [6, 6.07) is 12.2. The normalized spacial score (nSPS) is 10.6. The molecule has 25 heavy (non-hydrogen) atoms. The van der Waals surface area contributed by atoms with Gasteiger partial charge in [-0.05, 0) is 29.8 Å². The molecule has 6 heteroatoms. The maximum atomic E-state index is 12.0. The Kier molecular flexibility index (Phi) is 4.31. The summed E-state index contributed by atoms with van der Waals surface area (Å²) < 4.78 is 1.30. The zero-order valence-electron chi connectivity index (χ0n) is 13.8. The molecule has 6 nitrogen and oxygen atoms in total. The highest BCUT2D eigenvalue weighted by Gasteiger charge is 2.15. The predicted octanol–water partition coefficient (Wildman–Crippen LogP) is 3.35. The number of aromatic nitrogens is 3. The van der Waals surface area contributed by atoms with Crippen molar-refractivity contribution in [3.8, 4) is 28.9 Å². The number of Topliss-reactive ketones (excluding diaryl/α,β-unsaturated/α-hetero) is 1. The van der Waals surface area contributed by atoms with Crippen LogP contribution in [0.15, 0.2) is 48.8 Å². The molecule has 0 aliphatic heterocycles. The van der Waals surface area contributed by atoms with Crippen molar-refractivity contribution in [1.82, 2.24) is 14.8 Å². The molecule has 3 rings (SSSR count). The van der Waals surface area contributed by atoms with Gasteiger partial charge in [0.05, 0.1) is 23.4 Å². The summed E-state index contributed by atoms with van der Waals surface area (Å²) in [7, 11) is 0. The van der Waals surface area contributed by atoms with Gasteiger partial charge in [0.2, 0.25) is 5.88 Å². The van der Waals surface area contributed by atoms with Gasteiger partial charge in [0.15, 0.2) is 11.6 Å². The van der Waals surface area contributed by atoms with Crippen molar-refractivity contribution in [3.05, 3.63) is 59.9 Å². The zero-order chi connectivity index (χ0) is 18.0. The zero-order valence-corrected chi connectivity index (χ0v) is 13.8. The third-order valence-electron chi connectivity index (χ3n) is 3.84. The minimum atomic E-state index is -0.103. The van der Waals surface area contributed by atoms with Crippen LogP contribution in [0.1, 0.15) is 29.8 Å². The van der Waals surface area contributed by atoms with E-state index in [0.717, 1.165) is 5.56 Å². The fourth-order valence-corrected chi connectivity index (χ4v) is 2.43. The van der Waals surface area contributed by atoms with E-state index in [2.05, 4.69) is 16.2 Å². The highest BCUT2D eigenvalue weighted by atomic mass is 16.3. The van der Waals surface area contributed by atoms with Crippen molar-refractivity contribution in [1.29, 1.82) is 5.26 Å². The Morgan fingerprint density at radius 3 is 2.44 bits per heavy atom. The lowest BCUT2D eigenvalue weighted by atomic mass is 10.0. The quantitative estimate of drug-likeness (QED) is 0.740. The Morgan fingerprint density at radius 2 is 1.88 bits per heavy atom. The lowest BCUT2D eigenvalue weighted by Gasteiger charge is -2.06. The van der Waals surface area contributed by atoms with Gasteiger partial charge in [-0.2, -0.15) is 15.0 Å². The molecule has 1 N–H and O–H groups in total. The summed E-state index contributed by atoms with van der Waals surface area (Å²) in [6.07, 6.45) is 3.02. The van der Waals surface area contributed by atoms with Gasteiger partial charge in [-0.3, -0.25) is 4.79 Å². The summed E-state index contributed by atoms with van der Waals surface area (Å²) >= 11 is 0. The van der Waals surface area contributed by atoms with Gasteiger partial charge in [-0.15, -0.1) is 0 Å². The smallest absolute Gasteiger partial charge is 0.223 e. The number of carbonyl (C=O) groups excluding carboxylic acids is 1. The molecule has 0 spiro atoms. The SMILES string of the molecule is CC(C)C(=O)c1ccc(-n2ncc(-c3ccc(C#N)cc3)c2O)nc1. The molecule has 1 aromatic carbocycles. The Bertz CT molecular complexity index is 949. The van der Waals surface area contributed by atoms with Crippen LogP contribution in [0.4, 0.5) is 0 Å². The Balaban J connectivity index is 1.93. The van der Waals surface area contributed by atoms with Gasteiger partial charge in [0.1, 0.15) is 0 Å².